The van der Waals surface area contributed by atoms with Gasteiger partial charge in [0.15, 0.2) is 4.87 Å². The molecule has 0 aromatic rings. The fourth-order valence-electron chi connectivity index (χ4n) is 1.61. The van der Waals surface area contributed by atoms with Crippen LogP contribution in [0.15, 0.2) is 10.6 Å². The average Bonchev–Trinajstić information content (AvgIpc) is 2.35. The minimum atomic E-state index is -1.26. The summed E-state index contributed by atoms with van der Waals surface area (Å²) in [6, 6.07) is 0. The zero-order chi connectivity index (χ0) is 10.4. The molecule has 0 heterocycles. The van der Waals surface area contributed by atoms with Crippen LogP contribution >= 0.6 is 34.8 Å². The molecular weight excluding hydrogens is 234 g/mol. The molecule has 1 aliphatic carbocycles. The summed E-state index contributed by atoms with van der Waals surface area (Å²) < 4.78 is 0.0573. The zero-order valence-electron chi connectivity index (χ0n) is 7.14. The van der Waals surface area contributed by atoms with E-state index in [-0.39, 0.29) is 10.4 Å². The molecule has 0 radical (unpaired) electrons. The summed E-state index contributed by atoms with van der Waals surface area (Å²) in [6.07, 6.45) is 1.48. The van der Waals surface area contributed by atoms with E-state index in [1.165, 1.54) is 6.08 Å². The molecule has 74 valence electrons. The van der Waals surface area contributed by atoms with Gasteiger partial charge in [-0.2, -0.15) is 0 Å². The van der Waals surface area contributed by atoms with Crippen LogP contribution < -0.4 is 0 Å². The fourth-order valence-corrected chi connectivity index (χ4v) is 2.26. The third kappa shape index (κ3) is 1.45. The maximum absolute atomic E-state index is 10.8. The highest BCUT2D eigenvalue weighted by Gasteiger charge is 2.74. The highest BCUT2D eigenvalue weighted by molar-refractivity contribution is 6.56. The second kappa shape index (κ2) is 3.04. The highest BCUT2D eigenvalue weighted by atomic mass is 35.5. The lowest BCUT2D eigenvalue weighted by molar-refractivity contribution is -0.138. The highest BCUT2D eigenvalue weighted by Crippen LogP contribution is 2.67. The Morgan fingerprint density at radius 1 is 1.46 bits per heavy atom. The Kier molecular flexibility index (Phi) is 2.61. The first-order valence-corrected chi connectivity index (χ1v) is 4.83. The number of hydrogen-bond acceptors (Lipinski definition) is 1. The van der Waals surface area contributed by atoms with E-state index < -0.39 is 16.3 Å². The van der Waals surface area contributed by atoms with Crippen LogP contribution in [-0.2, 0) is 4.79 Å². The normalized spacial score (nSPS) is 35.3. The topological polar surface area (TPSA) is 37.3 Å². The Hall–Kier alpha value is 0.0800. The number of alkyl halides is 1. The number of rotatable bonds is 2. The van der Waals surface area contributed by atoms with Gasteiger partial charge in [-0.3, -0.25) is 4.79 Å². The monoisotopic (exact) mass is 242 g/mol. The fraction of sp³-hybridized carbons (Fsp3) is 0.625. The molecule has 0 aromatic carbocycles. The summed E-state index contributed by atoms with van der Waals surface area (Å²) in [6.45, 7) is 3.54. The first kappa shape index (κ1) is 11.2. The van der Waals surface area contributed by atoms with Gasteiger partial charge in [0.2, 0.25) is 0 Å². The minimum absolute atomic E-state index is 0.0573. The molecular formula is C8H9Cl3O2. The molecule has 0 aliphatic heterocycles. The SMILES string of the molecule is CC1(C)[C@H](C=C(Cl)Cl)[C@]1(Cl)C(=O)O. The van der Waals surface area contributed by atoms with Gasteiger partial charge in [0.1, 0.15) is 4.49 Å². The molecule has 2 atom stereocenters. The van der Waals surface area contributed by atoms with Crippen LogP contribution in [0.2, 0.25) is 0 Å². The summed E-state index contributed by atoms with van der Waals surface area (Å²) >= 11 is 16.8. The second-order valence-electron chi connectivity index (χ2n) is 3.67. The van der Waals surface area contributed by atoms with Crippen molar-refractivity contribution in [2.24, 2.45) is 11.3 Å². The lowest BCUT2D eigenvalue weighted by Crippen LogP contribution is -2.21. The van der Waals surface area contributed by atoms with Crippen LogP contribution in [0.1, 0.15) is 13.8 Å². The molecule has 0 amide bonds. The van der Waals surface area contributed by atoms with Crippen molar-refractivity contribution in [3.8, 4) is 0 Å². The molecule has 0 bridgehead atoms. The second-order valence-corrected chi connectivity index (χ2v) is 5.28. The smallest absolute Gasteiger partial charge is 0.325 e. The Labute approximate surface area is 91.5 Å². The van der Waals surface area contributed by atoms with Gasteiger partial charge in [0.25, 0.3) is 0 Å². The van der Waals surface area contributed by atoms with Crippen molar-refractivity contribution >= 4 is 40.8 Å². The van der Waals surface area contributed by atoms with E-state index in [1.54, 1.807) is 13.8 Å². The molecule has 13 heavy (non-hydrogen) atoms. The third-order valence-electron chi connectivity index (χ3n) is 2.66. The molecule has 1 aliphatic rings. The summed E-state index contributed by atoms with van der Waals surface area (Å²) in [7, 11) is 0. The van der Waals surface area contributed by atoms with Gasteiger partial charge in [-0.25, -0.2) is 0 Å². The number of allylic oxidation sites excluding steroid dienone is 1. The quantitative estimate of drug-likeness (QED) is 0.757. The molecule has 1 N–H and O–H groups in total. The molecule has 1 rings (SSSR count). The number of carboxylic acids is 1. The molecule has 0 unspecified atom stereocenters. The third-order valence-corrected chi connectivity index (χ3v) is 3.80. The first-order chi connectivity index (χ1) is 5.74. The zero-order valence-corrected chi connectivity index (χ0v) is 9.41. The van der Waals surface area contributed by atoms with Crippen molar-refractivity contribution < 1.29 is 9.90 Å². The minimum Gasteiger partial charge on any atom is -0.480 e. The van der Waals surface area contributed by atoms with Gasteiger partial charge < -0.3 is 5.11 Å². The van der Waals surface area contributed by atoms with Gasteiger partial charge in [-0.15, -0.1) is 11.6 Å². The maximum atomic E-state index is 10.8. The van der Waals surface area contributed by atoms with Crippen LogP contribution in [0.25, 0.3) is 0 Å². The van der Waals surface area contributed by atoms with Crippen molar-refractivity contribution in [1.29, 1.82) is 0 Å². The van der Waals surface area contributed by atoms with E-state index in [4.69, 9.17) is 39.9 Å². The molecule has 1 fully saturated rings. The molecule has 0 saturated heterocycles. The Morgan fingerprint density at radius 2 is 1.92 bits per heavy atom. The van der Waals surface area contributed by atoms with E-state index in [1.807, 2.05) is 0 Å². The molecule has 2 nitrogen and oxygen atoms in total. The molecule has 0 spiro atoms. The predicted molar refractivity (Wildman–Crippen MR) is 53.3 cm³/mol. The van der Waals surface area contributed by atoms with Crippen molar-refractivity contribution in [2.45, 2.75) is 18.7 Å². The van der Waals surface area contributed by atoms with E-state index in [0.29, 0.717) is 0 Å². The first-order valence-electron chi connectivity index (χ1n) is 3.69. The van der Waals surface area contributed by atoms with Crippen molar-refractivity contribution in [3.63, 3.8) is 0 Å². The van der Waals surface area contributed by atoms with E-state index in [9.17, 15) is 4.79 Å². The number of carbonyl (C=O) groups is 1. The molecule has 1 saturated carbocycles. The maximum Gasteiger partial charge on any atom is 0.325 e. The van der Waals surface area contributed by atoms with Gasteiger partial charge in [0.05, 0.1) is 0 Å². The lowest BCUT2D eigenvalue weighted by atomic mass is 10.1. The van der Waals surface area contributed by atoms with Crippen LogP contribution in [0.5, 0.6) is 0 Å². The van der Waals surface area contributed by atoms with Gasteiger partial charge in [0, 0.05) is 11.3 Å². The predicted octanol–water partition coefficient (Wildman–Crippen LogP) is 3.02. The lowest BCUT2D eigenvalue weighted by Gasteiger charge is -2.03. The van der Waals surface area contributed by atoms with Crippen LogP contribution in [0.3, 0.4) is 0 Å². The molecule has 5 heteroatoms. The Balaban J connectivity index is 2.95. The number of carboxylic acid groups (broad SMARTS) is 1. The van der Waals surface area contributed by atoms with Gasteiger partial charge >= 0.3 is 5.97 Å². The van der Waals surface area contributed by atoms with E-state index >= 15 is 0 Å². The van der Waals surface area contributed by atoms with E-state index in [2.05, 4.69) is 0 Å². The van der Waals surface area contributed by atoms with Crippen LogP contribution in [0.4, 0.5) is 0 Å². The van der Waals surface area contributed by atoms with E-state index in [0.717, 1.165) is 0 Å². The van der Waals surface area contributed by atoms with Crippen molar-refractivity contribution in [2.75, 3.05) is 0 Å². The largest absolute Gasteiger partial charge is 0.480 e. The average molecular weight is 244 g/mol. The van der Waals surface area contributed by atoms with Crippen molar-refractivity contribution in [3.05, 3.63) is 10.6 Å². The standard InChI is InChI=1S/C8H9Cl3O2/c1-7(2)4(3-5(9)10)8(7,11)6(12)13/h3-4H,1-2H3,(H,12,13)/t4-,8-/m0/s1. The van der Waals surface area contributed by atoms with Crippen molar-refractivity contribution in [1.82, 2.24) is 0 Å². The molecule has 0 aromatic heterocycles. The Bertz CT molecular complexity index is 281. The number of hydrogen-bond donors (Lipinski definition) is 1. The summed E-state index contributed by atoms with van der Waals surface area (Å²) in [5, 5.41) is 8.88. The van der Waals surface area contributed by atoms with Crippen LogP contribution in [0, 0.1) is 11.3 Å². The van der Waals surface area contributed by atoms with Gasteiger partial charge in [-0.05, 0) is 6.08 Å². The Morgan fingerprint density at radius 3 is 2.15 bits per heavy atom. The van der Waals surface area contributed by atoms with Gasteiger partial charge in [-0.1, -0.05) is 37.0 Å². The number of aliphatic carboxylic acids is 1. The van der Waals surface area contributed by atoms with Crippen LogP contribution in [-0.4, -0.2) is 16.0 Å². The number of halogens is 3. The summed E-state index contributed by atoms with van der Waals surface area (Å²) in [4.78, 5) is 9.58. The summed E-state index contributed by atoms with van der Waals surface area (Å²) in [5.41, 5.74) is -0.505. The summed E-state index contributed by atoms with van der Waals surface area (Å²) in [5.74, 6) is -1.35.